The van der Waals surface area contributed by atoms with E-state index in [9.17, 15) is 23.9 Å². The Morgan fingerprint density at radius 1 is 1.16 bits per heavy atom. The number of carbonyl (C=O) groups is 3. The molecule has 11 nitrogen and oxygen atoms in total. The number of nitrogens with two attached hydrogens (primary N) is 1. The SMILES string of the molecule is Cc1cc(OC2=C(F)C=CC(C)C2)ccc1-n1ncc(C(=O)c2cc3cc(F)c(N4C(=O)C5CC(O)CN5C4=O)cc3[nH]2)c1N. The minimum atomic E-state index is -0.839. The van der Waals surface area contributed by atoms with Gasteiger partial charge in [-0.15, -0.1) is 0 Å². The third kappa shape index (κ3) is 4.67. The molecule has 2 saturated heterocycles. The van der Waals surface area contributed by atoms with Crippen molar-refractivity contribution in [1.82, 2.24) is 19.7 Å². The van der Waals surface area contributed by atoms with Crippen molar-refractivity contribution in [3.05, 3.63) is 89.0 Å². The van der Waals surface area contributed by atoms with Gasteiger partial charge in [-0.25, -0.2) is 23.2 Å². The van der Waals surface area contributed by atoms with Crippen LogP contribution in [0.4, 0.5) is 25.1 Å². The van der Waals surface area contributed by atoms with Crippen molar-refractivity contribution in [2.45, 2.75) is 38.8 Å². The number of benzene rings is 2. The van der Waals surface area contributed by atoms with Crippen molar-refractivity contribution in [1.29, 1.82) is 0 Å². The van der Waals surface area contributed by atoms with Crippen molar-refractivity contribution in [2.75, 3.05) is 17.2 Å². The van der Waals surface area contributed by atoms with Gasteiger partial charge in [0.05, 0.1) is 34.9 Å². The summed E-state index contributed by atoms with van der Waals surface area (Å²) in [7, 11) is 0. The van der Waals surface area contributed by atoms with Crippen LogP contribution in [-0.4, -0.2) is 61.2 Å². The number of nitrogen functional groups attached to an aromatic ring is 1. The van der Waals surface area contributed by atoms with Gasteiger partial charge in [0, 0.05) is 30.3 Å². The molecule has 4 heterocycles. The van der Waals surface area contributed by atoms with E-state index in [1.807, 2.05) is 13.8 Å². The molecule has 0 radical (unpaired) electrons. The summed E-state index contributed by atoms with van der Waals surface area (Å²) in [6, 6.07) is 7.47. The number of fused-ring (bicyclic) bond motifs is 2. The van der Waals surface area contributed by atoms with Crippen LogP contribution in [0.1, 0.15) is 41.4 Å². The number of aliphatic hydroxyl groups excluding tert-OH is 1. The van der Waals surface area contributed by atoms with Gasteiger partial charge in [-0.05, 0) is 60.9 Å². The number of hydrogen-bond acceptors (Lipinski definition) is 7. The number of aromatic amines is 1. The number of aryl methyl sites for hydroxylation is 1. The maximum atomic E-state index is 15.2. The topological polar surface area (TPSA) is 147 Å². The Hall–Kier alpha value is -5.30. The number of imide groups is 1. The second-order valence-corrected chi connectivity index (χ2v) is 11.6. The number of amides is 3. The summed E-state index contributed by atoms with van der Waals surface area (Å²) in [5, 5.41) is 14.5. The number of ketones is 1. The van der Waals surface area contributed by atoms with Crippen molar-refractivity contribution >= 4 is 40.1 Å². The van der Waals surface area contributed by atoms with E-state index in [1.54, 1.807) is 24.3 Å². The number of nitrogens with one attached hydrogen (secondary N) is 1. The molecular weight excluding hydrogens is 586 g/mol. The molecule has 45 heavy (non-hydrogen) atoms. The molecule has 230 valence electrons. The highest BCUT2D eigenvalue weighted by Crippen LogP contribution is 2.36. The summed E-state index contributed by atoms with van der Waals surface area (Å²) < 4.78 is 36.7. The van der Waals surface area contributed by atoms with E-state index in [1.165, 1.54) is 34.0 Å². The average Bonchev–Trinajstić information content (AvgIpc) is 3.74. The lowest BCUT2D eigenvalue weighted by atomic mass is 10.0. The number of halogens is 2. The molecule has 2 aliphatic heterocycles. The Balaban J connectivity index is 1.14. The molecule has 1 aliphatic carbocycles. The maximum absolute atomic E-state index is 15.2. The molecule has 0 saturated carbocycles. The molecule has 3 aliphatic rings. The number of rotatable bonds is 6. The Morgan fingerprint density at radius 3 is 2.71 bits per heavy atom. The van der Waals surface area contributed by atoms with Gasteiger partial charge in [0.15, 0.2) is 5.83 Å². The first-order valence-corrected chi connectivity index (χ1v) is 14.4. The number of allylic oxidation sites excluding steroid dienone is 4. The molecule has 2 aromatic carbocycles. The number of carbonyl (C=O) groups excluding carboxylic acids is 3. The van der Waals surface area contributed by atoms with Crippen molar-refractivity contribution < 1.29 is 33.0 Å². The molecular formula is C32H28F2N6O5. The van der Waals surface area contributed by atoms with Gasteiger partial charge in [0.2, 0.25) is 5.78 Å². The van der Waals surface area contributed by atoms with E-state index >= 15 is 4.39 Å². The molecule has 3 unspecified atom stereocenters. The highest BCUT2D eigenvalue weighted by Gasteiger charge is 2.51. The first-order chi connectivity index (χ1) is 21.5. The van der Waals surface area contributed by atoms with Gasteiger partial charge in [-0.3, -0.25) is 9.59 Å². The van der Waals surface area contributed by atoms with Crippen LogP contribution in [-0.2, 0) is 4.79 Å². The first-order valence-electron chi connectivity index (χ1n) is 14.4. The van der Waals surface area contributed by atoms with E-state index < -0.39 is 41.5 Å². The fourth-order valence-electron chi connectivity index (χ4n) is 6.12. The maximum Gasteiger partial charge on any atom is 0.332 e. The van der Waals surface area contributed by atoms with Crippen LogP contribution in [0.15, 0.2) is 66.3 Å². The standard InChI is InChI=1S/C32H28F2N6O5/c1-15-3-5-21(33)28(7-15)45-19-4-6-25(16(2)8-19)40-30(35)20(13-36-40)29(42)24-10-17-9-22(34)26(12-23(17)37-24)39-31(43)27-11-18(41)14-38(27)32(39)44/h3-6,8-10,12-13,15,18,27,37,41H,7,11,14,35H2,1-2H3. The largest absolute Gasteiger partial charge is 0.459 e. The fourth-order valence-corrected chi connectivity index (χ4v) is 6.12. The molecule has 0 bridgehead atoms. The zero-order chi connectivity index (χ0) is 31.7. The van der Waals surface area contributed by atoms with E-state index in [4.69, 9.17) is 10.5 Å². The number of anilines is 2. The average molecular weight is 615 g/mol. The minimum absolute atomic E-state index is 0.00127. The summed E-state index contributed by atoms with van der Waals surface area (Å²) in [5.74, 6) is -1.41. The van der Waals surface area contributed by atoms with E-state index in [0.717, 1.165) is 16.5 Å². The molecule has 2 fully saturated rings. The van der Waals surface area contributed by atoms with Gasteiger partial charge in [0.1, 0.15) is 29.2 Å². The number of H-pyrrole nitrogens is 1. The van der Waals surface area contributed by atoms with Gasteiger partial charge in [-0.2, -0.15) is 5.10 Å². The summed E-state index contributed by atoms with van der Waals surface area (Å²) in [6.07, 6.45) is 4.25. The zero-order valence-corrected chi connectivity index (χ0v) is 24.3. The predicted octanol–water partition coefficient (Wildman–Crippen LogP) is 4.67. The van der Waals surface area contributed by atoms with E-state index in [0.29, 0.717) is 28.8 Å². The van der Waals surface area contributed by atoms with Crippen LogP contribution in [0.25, 0.3) is 16.6 Å². The van der Waals surface area contributed by atoms with Crippen molar-refractivity contribution in [2.24, 2.45) is 5.92 Å². The van der Waals surface area contributed by atoms with Gasteiger partial charge < -0.3 is 25.5 Å². The van der Waals surface area contributed by atoms with Crippen molar-refractivity contribution in [3.63, 3.8) is 0 Å². The number of aliphatic hydroxyl groups is 1. The second-order valence-electron chi connectivity index (χ2n) is 11.6. The summed E-state index contributed by atoms with van der Waals surface area (Å²) in [6.45, 7) is 3.78. The van der Waals surface area contributed by atoms with Crippen molar-refractivity contribution in [3.8, 4) is 11.4 Å². The van der Waals surface area contributed by atoms with E-state index in [2.05, 4.69) is 10.1 Å². The normalized spacial score (nSPS) is 21.4. The summed E-state index contributed by atoms with van der Waals surface area (Å²) in [4.78, 5) is 44.3. The number of urea groups is 1. The van der Waals surface area contributed by atoms with Crippen LogP contribution in [0.3, 0.4) is 0 Å². The monoisotopic (exact) mass is 614 g/mol. The summed E-state index contributed by atoms with van der Waals surface area (Å²) >= 11 is 0. The van der Waals surface area contributed by atoms with E-state index in [-0.39, 0.29) is 47.4 Å². The molecule has 4 N–H and O–H groups in total. The van der Waals surface area contributed by atoms with Crippen LogP contribution in [0.2, 0.25) is 0 Å². The van der Waals surface area contributed by atoms with Gasteiger partial charge >= 0.3 is 6.03 Å². The Bertz CT molecular complexity index is 1970. The lowest BCUT2D eigenvalue weighted by molar-refractivity contribution is -0.119. The smallest absolute Gasteiger partial charge is 0.332 e. The second kappa shape index (κ2) is 10.4. The quantitative estimate of drug-likeness (QED) is 0.211. The Labute approximate surface area is 255 Å². The van der Waals surface area contributed by atoms with Crippen LogP contribution in [0.5, 0.6) is 5.75 Å². The molecule has 2 aromatic heterocycles. The van der Waals surface area contributed by atoms with Crippen LogP contribution >= 0.6 is 0 Å². The fraction of sp³-hybridized carbons (Fsp3) is 0.250. The molecule has 4 aromatic rings. The number of aromatic nitrogens is 3. The Kier molecular flexibility index (Phi) is 6.58. The Morgan fingerprint density at radius 2 is 1.96 bits per heavy atom. The molecule has 13 heteroatoms. The van der Waals surface area contributed by atoms with Gasteiger partial charge in [-0.1, -0.05) is 13.0 Å². The highest BCUT2D eigenvalue weighted by molar-refractivity contribution is 6.22. The highest BCUT2D eigenvalue weighted by atomic mass is 19.1. The van der Waals surface area contributed by atoms with Crippen LogP contribution in [0, 0.1) is 18.7 Å². The molecule has 3 atom stereocenters. The first kappa shape index (κ1) is 28.5. The summed E-state index contributed by atoms with van der Waals surface area (Å²) in [5.41, 5.74) is 7.96. The third-order valence-corrected chi connectivity index (χ3v) is 8.43. The predicted molar refractivity (Wildman–Crippen MR) is 160 cm³/mol. The van der Waals surface area contributed by atoms with Crippen LogP contribution < -0.4 is 15.4 Å². The lowest BCUT2D eigenvalue weighted by Crippen LogP contribution is -2.35. The minimum Gasteiger partial charge on any atom is -0.459 e. The third-order valence-electron chi connectivity index (χ3n) is 8.43. The molecule has 0 spiro atoms. The van der Waals surface area contributed by atoms with Gasteiger partial charge in [0.25, 0.3) is 5.91 Å². The lowest BCUT2D eigenvalue weighted by Gasteiger charge is -2.17. The number of ether oxygens (including phenoxy) is 1. The molecule has 7 rings (SSSR count). The zero-order valence-electron chi connectivity index (χ0n) is 24.3. The molecule has 3 amide bonds. The number of nitrogens with zero attached hydrogens (tertiary/aromatic N) is 4. The number of hydrogen-bond donors (Lipinski definition) is 3.